The van der Waals surface area contributed by atoms with Gasteiger partial charge < -0.3 is 9.73 Å². The minimum absolute atomic E-state index is 0.177. The lowest BCUT2D eigenvalue weighted by molar-refractivity contribution is -0.121. The molecular formula is C20H16N2O4. The number of nitrogens with zero attached hydrogens (tertiary/aromatic N) is 1. The summed E-state index contributed by atoms with van der Waals surface area (Å²) in [6, 6.07) is 14.2. The normalized spacial score (nSPS) is 14.2. The molecule has 1 fully saturated rings. The fraction of sp³-hybridized carbons (Fsp3) is 0.150. The standard InChI is InChI=1S/C20H16N2O4/c23-18(11-13-4-5-17-14(10-13)8-9-26-17)21-15-2-1-3-16(12-15)22-19(24)6-7-20(22)25/h1-5,8-10,12H,6-7,11H2,(H,21,23). The van der Waals surface area contributed by atoms with E-state index in [0.717, 1.165) is 16.5 Å². The Hall–Kier alpha value is -3.41. The van der Waals surface area contributed by atoms with Gasteiger partial charge >= 0.3 is 0 Å². The number of amides is 3. The molecule has 0 radical (unpaired) electrons. The van der Waals surface area contributed by atoms with Gasteiger partial charge in [0.05, 0.1) is 18.4 Å². The van der Waals surface area contributed by atoms with E-state index in [1.165, 1.54) is 4.90 Å². The largest absolute Gasteiger partial charge is 0.464 e. The minimum atomic E-state index is -0.216. The van der Waals surface area contributed by atoms with Crippen LogP contribution in [-0.2, 0) is 20.8 Å². The van der Waals surface area contributed by atoms with Crippen LogP contribution in [0.25, 0.3) is 11.0 Å². The average molecular weight is 348 g/mol. The Morgan fingerprint density at radius 2 is 1.85 bits per heavy atom. The summed E-state index contributed by atoms with van der Waals surface area (Å²) in [6.07, 6.45) is 2.28. The fourth-order valence-corrected chi connectivity index (χ4v) is 3.10. The van der Waals surface area contributed by atoms with E-state index in [-0.39, 0.29) is 37.0 Å². The number of imide groups is 1. The lowest BCUT2D eigenvalue weighted by atomic mass is 10.1. The number of benzene rings is 2. The molecule has 0 aliphatic carbocycles. The second-order valence-electron chi connectivity index (χ2n) is 6.19. The number of hydrogen-bond donors (Lipinski definition) is 1. The molecule has 2 heterocycles. The van der Waals surface area contributed by atoms with Gasteiger partial charge in [-0.2, -0.15) is 0 Å². The molecule has 1 saturated heterocycles. The number of nitrogens with one attached hydrogen (secondary N) is 1. The maximum Gasteiger partial charge on any atom is 0.234 e. The molecule has 4 rings (SSSR count). The molecule has 6 nitrogen and oxygen atoms in total. The summed E-state index contributed by atoms with van der Waals surface area (Å²) < 4.78 is 5.29. The number of furan rings is 1. The first-order valence-electron chi connectivity index (χ1n) is 8.32. The predicted octanol–water partition coefficient (Wildman–Crippen LogP) is 3.27. The minimum Gasteiger partial charge on any atom is -0.464 e. The van der Waals surface area contributed by atoms with E-state index in [4.69, 9.17) is 4.42 Å². The van der Waals surface area contributed by atoms with E-state index >= 15 is 0 Å². The van der Waals surface area contributed by atoms with Crippen molar-refractivity contribution in [3.8, 4) is 0 Å². The van der Waals surface area contributed by atoms with Crippen LogP contribution in [-0.4, -0.2) is 17.7 Å². The molecule has 1 aromatic heterocycles. The topological polar surface area (TPSA) is 79.6 Å². The van der Waals surface area contributed by atoms with Crippen molar-refractivity contribution in [2.45, 2.75) is 19.3 Å². The van der Waals surface area contributed by atoms with Crippen LogP contribution < -0.4 is 10.2 Å². The van der Waals surface area contributed by atoms with Crippen molar-refractivity contribution >= 4 is 40.1 Å². The van der Waals surface area contributed by atoms with Crippen LogP contribution in [0.4, 0.5) is 11.4 Å². The van der Waals surface area contributed by atoms with Crippen LogP contribution in [0.3, 0.4) is 0 Å². The first-order valence-corrected chi connectivity index (χ1v) is 8.32. The zero-order valence-electron chi connectivity index (χ0n) is 13.9. The summed E-state index contributed by atoms with van der Waals surface area (Å²) in [5.41, 5.74) is 2.68. The molecule has 6 heteroatoms. The zero-order valence-corrected chi connectivity index (χ0v) is 13.9. The van der Waals surface area contributed by atoms with Crippen molar-refractivity contribution in [1.29, 1.82) is 0 Å². The van der Waals surface area contributed by atoms with Crippen molar-refractivity contribution in [2.24, 2.45) is 0 Å². The third kappa shape index (κ3) is 3.09. The van der Waals surface area contributed by atoms with Crippen molar-refractivity contribution < 1.29 is 18.8 Å². The van der Waals surface area contributed by atoms with Crippen molar-refractivity contribution in [2.75, 3.05) is 10.2 Å². The van der Waals surface area contributed by atoms with Gasteiger partial charge in [0.25, 0.3) is 0 Å². The summed E-state index contributed by atoms with van der Waals surface area (Å²) in [7, 11) is 0. The summed E-state index contributed by atoms with van der Waals surface area (Å²) in [5, 5.41) is 3.76. The van der Waals surface area contributed by atoms with Crippen LogP contribution in [0.2, 0.25) is 0 Å². The van der Waals surface area contributed by atoms with Gasteiger partial charge in [0.2, 0.25) is 17.7 Å². The molecule has 0 spiro atoms. The van der Waals surface area contributed by atoms with Gasteiger partial charge in [0.15, 0.2) is 0 Å². The highest BCUT2D eigenvalue weighted by molar-refractivity contribution is 6.20. The highest BCUT2D eigenvalue weighted by Crippen LogP contribution is 2.25. The van der Waals surface area contributed by atoms with E-state index in [1.807, 2.05) is 24.3 Å². The molecule has 26 heavy (non-hydrogen) atoms. The molecule has 3 aromatic rings. The first kappa shape index (κ1) is 16.1. The lowest BCUT2D eigenvalue weighted by Gasteiger charge is -2.15. The lowest BCUT2D eigenvalue weighted by Crippen LogP contribution is -2.28. The van der Waals surface area contributed by atoms with Crippen molar-refractivity contribution in [1.82, 2.24) is 0 Å². The number of rotatable bonds is 4. The number of anilines is 2. The molecule has 0 unspecified atom stereocenters. The average Bonchev–Trinajstić information content (AvgIpc) is 3.21. The number of carbonyl (C=O) groups excluding carboxylic acids is 3. The SMILES string of the molecule is O=C(Cc1ccc2occc2c1)Nc1cccc(N2C(=O)CCC2=O)c1. The van der Waals surface area contributed by atoms with Gasteiger partial charge in [-0.3, -0.25) is 19.3 Å². The third-order valence-electron chi connectivity index (χ3n) is 4.32. The maximum absolute atomic E-state index is 12.3. The Labute approximate surface area is 149 Å². The maximum atomic E-state index is 12.3. The Kier molecular flexibility index (Phi) is 4.01. The van der Waals surface area contributed by atoms with Gasteiger partial charge in [-0.15, -0.1) is 0 Å². The Morgan fingerprint density at radius 3 is 2.65 bits per heavy atom. The molecule has 1 N–H and O–H groups in total. The van der Waals surface area contributed by atoms with Crippen LogP contribution in [0, 0.1) is 0 Å². The quantitative estimate of drug-likeness (QED) is 0.734. The third-order valence-corrected chi connectivity index (χ3v) is 4.32. The van der Waals surface area contributed by atoms with Crippen LogP contribution in [0.15, 0.2) is 59.2 Å². The number of carbonyl (C=O) groups is 3. The molecule has 130 valence electrons. The molecule has 0 bridgehead atoms. The Bertz CT molecular complexity index is 1010. The molecule has 0 atom stereocenters. The summed E-state index contributed by atoms with van der Waals surface area (Å²) in [6.45, 7) is 0. The molecule has 3 amide bonds. The fourth-order valence-electron chi connectivity index (χ4n) is 3.10. The number of hydrogen-bond acceptors (Lipinski definition) is 4. The Morgan fingerprint density at radius 1 is 1.04 bits per heavy atom. The van der Waals surface area contributed by atoms with E-state index in [2.05, 4.69) is 5.32 Å². The monoisotopic (exact) mass is 348 g/mol. The smallest absolute Gasteiger partial charge is 0.234 e. The van der Waals surface area contributed by atoms with E-state index in [0.29, 0.717) is 11.4 Å². The second kappa shape index (κ2) is 6.48. The number of fused-ring (bicyclic) bond motifs is 1. The van der Waals surface area contributed by atoms with Crippen LogP contribution >= 0.6 is 0 Å². The van der Waals surface area contributed by atoms with Crippen LogP contribution in [0.5, 0.6) is 0 Å². The van der Waals surface area contributed by atoms with E-state index in [9.17, 15) is 14.4 Å². The van der Waals surface area contributed by atoms with Gasteiger partial charge in [-0.1, -0.05) is 12.1 Å². The van der Waals surface area contributed by atoms with Crippen molar-refractivity contribution in [3.63, 3.8) is 0 Å². The highest BCUT2D eigenvalue weighted by Gasteiger charge is 2.30. The summed E-state index contributed by atoms with van der Waals surface area (Å²) >= 11 is 0. The Balaban J connectivity index is 1.48. The van der Waals surface area contributed by atoms with Gasteiger partial charge in [-0.25, -0.2) is 0 Å². The van der Waals surface area contributed by atoms with Gasteiger partial charge in [0.1, 0.15) is 5.58 Å². The molecule has 2 aromatic carbocycles. The molecule has 0 saturated carbocycles. The van der Waals surface area contributed by atoms with Crippen LogP contribution in [0.1, 0.15) is 18.4 Å². The molecular weight excluding hydrogens is 332 g/mol. The van der Waals surface area contributed by atoms with Gasteiger partial charge in [-0.05, 0) is 42.0 Å². The highest BCUT2D eigenvalue weighted by atomic mass is 16.3. The summed E-state index contributed by atoms with van der Waals surface area (Å²) in [5.74, 6) is -0.608. The second-order valence-corrected chi connectivity index (χ2v) is 6.19. The van der Waals surface area contributed by atoms with E-state index < -0.39 is 0 Å². The first-order chi connectivity index (χ1) is 12.6. The van der Waals surface area contributed by atoms with Crippen molar-refractivity contribution in [3.05, 3.63) is 60.4 Å². The van der Waals surface area contributed by atoms with E-state index in [1.54, 1.807) is 30.5 Å². The predicted molar refractivity (Wildman–Crippen MR) is 96.7 cm³/mol. The molecule has 1 aliphatic heterocycles. The zero-order chi connectivity index (χ0) is 18.1. The summed E-state index contributed by atoms with van der Waals surface area (Å²) in [4.78, 5) is 37.2. The van der Waals surface area contributed by atoms with Gasteiger partial charge in [0, 0.05) is 23.9 Å². The molecule has 1 aliphatic rings.